The number of nitrogens with one attached hydrogen (secondary N) is 2. The van der Waals surface area contributed by atoms with E-state index in [9.17, 15) is 13.2 Å². The van der Waals surface area contributed by atoms with Crippen LogP contribution < -0.4 is 14.8 Å². The molecule has 27 heavy (non-hydrogen) atoms. The maximum Gasteiger partial charge on any atom is 0.240 e. The molecule has 2 aromatic carbocycles. The van der Waals surface area contributed by atoms with Gasteiger partial charge >= 0.3 is 0 Å². The Morgan fingerprint density at radius 3 is 2.52 bits per heavy atom. The number of sulfonamides is 1. The van der Waals surface area contributed by atoms with Crippen LogP contribution in [0.15, 0.2) is 53.4 Å². The number of rotatable bonds is 10. The van der Waals surface area contributed by atoms with Crippen LogP contribution in [-0.4, -0.2) is 34.0 Å². The molecule has 6 nitrogen and oxygen atoms in total. The fourth-order valence-corrected chi connectivity index (χ4v) is 3.85. The lowest BCUT2D eigenvalue weighted by Gasteiger charge is -2.11. The number of aryl methyl sites for hydroxylation is 2. The molecule has 2 N–H and O–H groups in total. The molecule has 0 unspecified atom stereocenters. The molecule has 1 amide bonds. The summed E-state index contributed by atoms with van der Waals surface area (Å²) in [5.74, 6) is 0.649. The van der Waals surface area contributed by atoms with Crippen LogP contribution in [0.25, 0.3) is 0 Å². The maximum atomic E-state index is 12.4. The summed E-state index contributed by atoms with van der Waals surface area (Å²) in [6, 6.07) is 14.7. The van der Waals surface area contributed by atoms with E-state index in [1.165, 1.54) is 0 Å². The molecule has 2 rings (SSSR count). The van der Waals surface area contributed by atoms with E-state index in [4.69, 9.17) is 4.74 Å². The first-order valence-electron chi connectivity index (χ1n) is 8.90. The zero-order valence-corrected chi connectivity index (χ0v) is 16.5. The van der Waals surface area contributed by atoms with Gasteiger partial charge in [-0.3, -0.25) is 4.79 Å². The Morgan fingerprint density at radius 2 is 1.78 bits per heavy atom. The topological polar surface area (TPSA) is 84.5 Å². The van der Waals surface area contributed by atoms with Crippen molar-refractivity contribution in [3.63, 3.8) is 0 Å². The van der Waals surface area contributed by atoms with Gasteiger partial charge in [-0.2, -0.15) is 0 Å². The highest BCUT2D eigenvalue weighted by atomic mass is 32.2. The lowest BCUT2D eigenvalue weighted by Crippen LogP contribution is -2.35. The van der Waals surface area contributed by atoms with Gasteiger partial charge in [-0.25, -0.2) is 13.1 Å². The van der Waals surface area contributed by atoms with Crippen LogP contribution >= 0.6 is 0 Å². The Bertz CT molecular complexity index is 852. The zero-order valence-electron chi connectivity index (χ0n) is 15.7. The summed E-state index contributed by atoms with van der Waals surface area (Å²) >= 11 is 0. The first kappa shape index (κ1) is 20.9. The number of para-hydroxylation sites is 1. The number of hydrogen-bond donors (Lipinski definition) is 2. The summed E-state index contributed by atoms with van der Waals surface area (Å²) in [6.45, 7) is 4.44. The smallest absolute Gasteiger partial charge is 0.240 e. The van der Waals surface area contributed by atoms with Crippen LogP contribution in [0, 0.1) is 13.8 Å². The minimum Gasteiger partial charge on any atom is -0.494 e. The second kappa shape index (κ2) is 10.1. The van der Waals surface area contributed by atoms with E-state index in [1.54, 1.807) is 19.1 Å². The fraction of sp³-hybridized carbons (Fsp3) is 0.350. The molecule has 0 aliphatic carbocycles. The Hall–Kier alpha value is -2.38. The minimum atomic E-state index is -3.58. The summed E-state index contributed by atoms with van der Waals surface area (Å²) < 4.78 is 32.8. The van der Waals surface area contributed by atoms with Gasteiger partial charge in [-0.1, -0.05) is 30.3 Å². The zero-order chi connectivity index (χ0) is 19.7. The van der Waals surface area contributed by atoms with Crippen molar-refractivity contribution in [3.05, 3.63) is 59.7 Å². The van der Waals surface area contributed by atoms with Crippen molar-refractivity contribution in [2.45, 2.75) is 31.6 Å². The Kier molecular flexibility index (Phi) is 7.82. The molecule has 0 aromatic heterocycles. The normalized spacial score (nSPS) is 11.2. The van der Waals surface area contributed by atoms with Crippen molar-refractivity contribution in [3.8, 4) is 5.75 Å². The largest absolute Gasteiger partial charge is 0.494 e. The molecule has 7 heteroatoms. The molecule has 0 radical (unpaired) electrons. The van der Waals surface area contributed by atoms with Gasteiger partial charge in [0.1, 0.15) is 5.75 Å². The predicted molar refractivity (Wildman–Crippen MR) is 105 cm³/mol. The highest BCUT2D eigenvalue weighted by Gasteiger charge is 2.16. The Morgan fingerprint density at radius 1 is 1.04 bits per heavy atom. The van der Waals surface area contributed by atoms with Crippen LogP contribution in [-0.2, 0) is 14.8 Å². The van der Waals surface area contributed by atoms with Crippen molar-refractivity contribution in [1.82, 2.24) is 10.0 Å². The van der Waals surface area contributed by atoms with Gasteiger partial charge in [0.2, 0.25) is 15.9 Å². The molecule has 0 fully saturated rings. The summed E-state index contributed by atoms with van der Waals surface area (Å²) in [6.07, 6.45) is 0.922. The number of benzene rings is 2. The molecule has 0 bridgehead atoms. The van der Waals surface area contributed by atoms with Gasteiger partial charge in [-0.05, 0) is 49.6 Å². The first-order chi connectivity index (χ1) is 12.9. The number of hydrogen-bond acceptors (Lipinski definition) is 4. The van der Waals surface area contributed by atoms with E-state index in [2.05, 4.69) is 10.0 Å². The van der Waals surface area contributed by atoms with Gasteiger partial charge in [0.05, 0.1) is 11.5 Å². The van der Waals surface area contributed by atoms with Crippen LogP contribution in [0.1, 0.15) is 24.0 Å². The van der Waals surface area contributed by atoms with E-state index in [0.717, 1.165) is 11.3 Å². The van der Waals surface area contributed by atoms with Crippen molar-refractivity contribution in [1.29, 1.82) is 0 Å². The minimum absolute atomic E-state index is 0.127. The van der Waals surface area contributed by atoms with Crippen molar-refractivity contribution >= 4 is 15.9 Å². The summed E-state index contributed by atoms with van der Waals surface area (Å²) in [4.78, 5) is 12.1. The molecule has 0 atom stereocenters. The molecule has 146 valence electrons. The molecule has 2 aromatic rings. The lowest BCUT2D eigenvalue weighted by molar-refractivity contribution is -0.121. The molecule has 0 saturated carbocycles. The highest BCUT2D eigenvalue weighted by molar-refractivity contribution is 7.89. The van der Waals surface area contributed by atoms with Crippen LogP contribution in [0.2, 0.25) is 0 Å². The van der Waals surface area contributed by atoms with Crippen molar-refractivity contribution < 1.29 is 17.9 Å². The molecule has 0 spiro atoms. The van der Waals surface area contributed by atoms with E-state index < -0.39 is 10.0 Å². The van der Waals surface area contributed by atoms with Crippen molar-refractivity contribution in [2.24, 2.45) is 0 Å². The van der Waals surface area contributed by atoms with Gasteiger partial charge < -0.3 is 10.1 Å². The third-order valence-corrected chi connectivity index (χ3v) is 5.54. The Labute approximate surface area is 161 Å². The van der Waals surface area contributed by atoms with Crippen LogP contribution in [0.5, 0.6) is 5.75 Å². The Balaban J connectivity index is 1.65. The second-order valence-electron chi connectivity index (χ2n) is 6.28. The molecular weight excluding hydrogens is 364 g/mol. The summed E-state index contributed by atoms with van der Waals surface area (Å²) in [5, 5.41) is 2.71. The average Bonchev–Trinajstić information content (AvgIpc) is 2.65. The van der Waals surface area contributed by atoms with Crippen LogP contribution in [0.4, 0.5) is 0 Å². The average molecular weight is 391 g/mol. The SMILES string of the molecule is Cc1ccc(C)c(S(=O)(=O)NCCNC(=O)CCCOc2ccccc2)c1. The van der Waals surface area contributed by atoms with E-state index in [0.29, 0.717) is 25.0 Å². The standard InChI is InChI=1S/C20H26N2O4S/c1-16-10-11-17(2)19(15-16)27(24,25)22-13-12-21-20(23)9-6-14-26-18-7-4-3-5-8-18/h3-5,7-8,10-11,15,22H,6,9,12-14H2,1-2H3,(H,21,23). The lowest BCUT2D eigenvalue weighted by atomic mass is 10.2. The van der Waals surface area contributed by atoms with E-state index in [1.807, 2.05) is 43.3 Å². The monoisotopic (exact) mass is 390 g/mol. The predicted octanol–water partition coefficient (Wildman–Crippen LogP) is 2.56. The van der Waals surface area contributed by atoms with Gasteiger partial charge in [0, 0.05) is 19.5 Å². The van der Waals surface area contributed by atoms with E-state index in [-0.39, 0.29) is 23.9 Å². The molecule has 0 heterocycles. The fourth-order valence-electron chi connectivity index (χ4n) is 2.49. The number of amides is 1. The molecule has 0 aliphatic heterocycles. The van der Waals surface area contributed by atoms with Gasteiger partial charge in [-0.15, -0.1) is 0 Å². The summed E-state index contributed by atoms with van der Waals surface area (Å²) in [5.41, 5.74) is 1.57. The quantitative estimate of drug-likeness (QED) is 0.611. The summed E-state index contributed by atoms with van der Waals surface area (Å²) in [7, 11) is -3.58. The van der Waals surface area contributed by atoms with Crippen molar-refractivity contribution in [2.75, 3.05) is 19.7 Å². The number of carbonyl (C=O) groups is 1. The van der Waals surface area contributed by atoms with Crippen LogP contribution in [0.3, 0.4) is 0 Å². The third kappa shape index (κ3) is 7.03. The number of carbonyl (C=O) groups excluding carboxylic acids is 1. The highest BCUT2D eigenvalue weighted by Crippen LogP contribution is 2.16. The third-order valence-electron chi connectivity index (χ3n) is 3.93. The first-order valence-corrected chi connectivity index (χ1v) is 10.4. The molecular formula is C20H26N2O4S. The maximum absolute atomic E-state index is 12.4. The van der Waals surface area contributed by atoms with E-state index >= 15 is 0 Å². The van der Waals surface area contributed by atoms with Gasteiger partial charge in [0.15, 0.2) is 0 Å². The van der Waals surface area contributed by atoms with Gasteiger partial charge in [0.25, 0.3) is 0 Å². The second-order valence-corrected chi connectivity index (χ2v) is 8.02. The molecule has 0 aliphatic rings. The number of ether oxygens (including phenoxy) is 1. The molecule has 0 saturated heterocycles.